The Balaban J connectivity index is 2.27. The highest BCUT2D eigenvalue weighted by atomic mass is 35.5. The monoisotopic (exact) mass is 222 g/mol. The van der Waals surface area contributed by atoms with E-state index in [0.29, 0.717) is 17.3 Å². The van der Waals surface area contributed by atoms with Crippen LogP contribution in [0.1, 0.15) is 11.3 Å². The van der Waals surface area contributed by atoms with Crippen LogP contribution in [0.3, 0.4) is 0 Å². The molecular weight excluding hydrogens is 212 g/mol. The highest BCUT2D eigenvalue weighted by molar-refractivity contribution is 6.30. The number of nitrogen functional groups attached to an aromatic ring is 1. The van der Waals surface area contributed by atoms with Crippen molar-refractivity contribution in [1.82, 2.24) is 14.8 Å². The molecule has 2 N–H and O–H groups in total. The fourth-order valence-corrected chi connectivity index (χ4v) is 1.57. The second kappa shape index (κ2) is 3.90. The van der Waals surface area contributed by atoms with Gasteiger partial charge < -0.3 is 5.73 Å². The maximum absolute atomic E-state index is 5.84. The van der Waals surface area contributed by atoms with E-state index in [1.54, 1.807) is 10.9 Å². The molecule has 2 aromatic rings. The Bertz CT molecular complexity index is 478. The summed E-state index contributed by atoms with van der Waals surface area (Å²) in [5, 5.41) is 4.86. The first-order valence-electron chi connectivity index (χ1n) is 4.53. The zero-order chi connectivity index (χ0) is 10.8. The molecule has 0 saturated carbocycles. The van der Waals surface area contributed by atoms with Gasteiger partial charge in [-0.05, 0) is 12.1 Å². The lowest BCUT2D eigenvalue weighted by molar-refractivity contribution is 0.749. The summed E-state index contributed by atoms with van der Waals surface area (Å²) >= 11 is 5.84. The number of rotatable bonds is 2. The number of hydrogen-bond donors (Lipinski definition) is 1. The van der Waals surface area contributed by atoms with Crippen molar-refractivity contribution >= 4 is 17.4 Å². The fraction of sp³-hybridized carbons (Fsp3) is 0.200. The fourth-order valence-electron chi connectivity index (χ4n) is 1.39. The van der Waals surface area contributed by atoms with Gasteiger partial charge in [0.15, 0.2) is 0 Å². The number of anilines is 1. The number of aryl methyl sites for hydroxylation is 1. The predicted molar refractivity (Wildman–Crippen MR) is 59.7 cm³/mol. The van der Waals surface area contributed by atoms with Crippen molar-refractivity contribution < 1.29 is 0 Å². The molecule has 4 nitrogen and oxygen atoms in total. The minimum Gasteiger partial charge on any atom is -0.383 e. The average molecular weight is 223 g/mol. The standard InChI is InChI=1S/C10H11ClN4/c1-15-3-2-9(14-15)5-7-4-8(11)6-13-10(7)12/h2-4,6H,5H2,1H3,(H2,12,13). The van der Waals surface area contributed by atoms with E-state index < -0.39 is 0 Å². The third-order valence-electron chi connectivity index (χ3n) is 2.11. The molecule has 0 radical (unpaired) electrons. The van der Waals surface area contributed by atoms with Crippen LogP contribution in [0.15, 0.2) is 24.5 Å². The third-order valence-corrected chi connectivity index (χ3v) is 2.32. The third kappa shape index (κ3) is 2.27. The Morgan fingerprint density at radius 3 is 3.00 bits per heavy atom. The van der Waals surface area contributed by atoms with E-state index in [2.05, 4.69) is 10.1 Å². The first-order chi connectivity index (χ1) is 7.15. The summed E-state index contributed by atoms with van der Waals surface area (Å²) in [5.74, 6) is 0.505. The zero-order valence-corrected chi connectivity index (χ0v) is 9.07. The minimum absolute atomic E-state index is 0.505. The lowest BCUT2D eigenvalue weighted by Crippen LogP contribution is -1.99. The van der Waals surface area contributed by atoms with Gasteiger partial charge in [0.1, 0.15) is 5.82 Å². The average Bonchev–Trinajstić information content (AvgIpc) is 2.58. The molecule has 0 aromatic carbocycles. The maximum atomic E-state index is 5.84. The quantitative estimate of drug-likeness (QED) is 0.841. The van der Waals surface area contributed by atoms with Crippen LogP contribution in [0, 0.1) is 0 Å². The van der Waals surface area contributed by atoms with Crippen LogP contribution in [-0.4, -0.2) is 14.8 Å². The summed E-state index contributed by atoms with van der Waals surface area (Å²) in [6, 6.07) is 3.76. The van der Waals surface area contributed by atoms with Crippen LogP contribution in [0.25, 0.3) is 0 Å². The Kier molecular flexibility index (Phi) is 2.60. The summed E-state index contributed by atoms with van der Waals surface area (Å²) in [6.45, 7) is 0. The Morgan fingerprint density at radius 2 is 2.33 bits per heavy atom. The van der Waals surface area contributed by atoms with Gasteiger partial charge in [0.2, 0.25) is 0 Å². The largest absolute Gasteiger partial charge is 0.383 e. The molecule has 0 fully saturated rings. The Hall–Kier alpha value is -1.55. The second-order valence-electron chi connectivity index (χ2n) is 3.36. The topological polar surface area (TPSA) is 56.7 Å². The van der Waals surface area contributed by atoms with Gasteiger partial charge in [-0.3, -0.25) is 4.68 Å². The van der Waals surface area contributed by atoms with Crippen molar-refractivity contribution in [1.29, 1.82) is 0 Å². The molecular formula is C10H11ClN4. The first-order valence-corrected chi connectivity index (χ1v) is 4.91. The maximum Gasteiger partial charge on any atom is 0.127 e. The van der Waals surface area contributed by atoms with Gasteiger partial charge in [0.25, 0.3) is 0 Å². The molecule has 2 rings (SSSR count). The van der Waals surface area contributed by atoms with E-state index in [-0.39, 0.29) is 0 Å². The molecule has 0 spiro atoms. The number of hydrogen-bond acceptors (Lipinski definition) is 3. The molecule has 0 atom stereocenters. The summed E-state index contributed by atoms with van der Waals surface area (Å²) in [6.07, 6.45) is 4.09. The van der Waals surface area contributed by atoms with E-state index in [9.17, 15) is 0 Å². The lowest BCUT2D eigenvalue weighted by Gasteiger charge is -2.02. The smallest absolute Gasteiger partial charge is 0.127 e. The van der Waals surface area contributed by atoms with Gasteiger partial charge in [-0.2, -0.15) is 5.10 Å². The van der Waals surface area contributed by atoms with Crippen LogP contribution in [0.4, 0.5) is 5.82 Å². The van der Waals surface area contributed by atoms with Crippen LogP contribution < -0.4 is 5.73 Å². The summed E-state index contributed by atoms with van der Waals surface area (Å²) < 4.78 is 1.75. The van der Waals surface area contributed by atoms with Gasteiger partial charge in [0.05, 0.1) is 10.7 Å². The van der Waals surface area contributed by atoms with E-state index in [1.807, 2.05) is 25.4 Å². The highest BCUT2D eigenvalue weighted by Gasteiger charge is 2.05. The second-order valence-corrected chi connectivity index (χ2v) is 3.79. The number of halogens is 1. The predicted octanol–water partition coefficient (Wildman–Crippen LogP) is 1.64. The number of pyridine rings is 1. The first kappa shape index (κ1) is 9.98. The summed E-state index contributed by atoms with van der Waals surface area (Å²) in [5.41, 5.74) is 7.60. The molecule has 2 aromatic heterocycles. The summed E-state index contributed by atoms with van der Waals surface area (Å²) in [4.78, 5) is 3.99. The van der Waals surface area contributed by atoms with Gasteiger partial charge in [-0.1, -0.05) is 11.6 Å². The van der Waals surface area contributed by atoms with Crippen LogP contribution in [-0.2, 0) is 13.5 Å². The van der Waals surface area contributed by atoms with Crippen molar-refractivity contribution in [3.05, 3.63) is 40.8 Å². The molecule has 2 heterocycles. The van der Waals surface area contributed by atoms with E-state index in [1.165, 1.54) is 0 Å². The molecule has 15 heavy (non-hydrogen) atoms. The molecule has 0 aliphatic rings. The normalized spacial score (nSPS) is 10.5. The number of nitrogens with two attached hydrogens (primary N) is 1. The van der Waals surface area contributed by atoms with E-state index >= 15 is 0 Å². The summed E-state index contributed by atoms with van der Waals surface area (Å²) in [7, 11) is 1.88. The lowest BCUT2D eigenvalue weighted by atomic mass is 10.1. The van der Waals surface area contributed by atoms with Crippen LogP contribution in [0.5, 0.6) is 0 Å². The molecule has 78 valence electrons. The van der Waals surface area contributed by atoms with Crippen LogP contribution in [0.2, 0.25) is 5.02 Å². The van der Waals surface area contributed by atoms with Crippen molar-refractivity contribution in [2.24, 2.45) is 7.05 Å². The highest BCUT2D eigenvalue weighted by Crippen LogP contribution is 2.17. The van der Waals surface area contributed by atoms with Gasteiger partial charge in [-0.25, -0.2) is 4.98 Å². The molecule has 0 bridgehead atoms. The van der Waals surface area contributed by atoms with Crippen molar-refractivity contribution in [2.45, 2.75) is 6.42 Å². The molecule has 0 amide bonds. The van der Waals surface area contributed by atoms with Crippen molar-refractivity contribution in [2.75, 3.05) is 5.73 Å². The molecule has 0 aliphatic carbocycles. The van der Waals surface area contributed by atoms with Gasteiger partial charge in [-0.15, -0.1) is 0 Å². The number of nitrogens with zero attached hydrogens (tertiary/aromatic N) is 3. The SMILES string of the molecule is Cn1ccc(Cc2cc(Cl)cnc2N)n1. The van der Waals surface area contributed by atoms with Crippen molar-refractivity contribution in [3.63, 3.8) is 0 Å². The Morgan fingerprint density at radius 1 is 1.53 bits per heavy atom. The molecule has 0 saturated heterocycles. The zero-order valence-electron chi connectivity index (χ0n) is 8.31. The van der Waals surface area contributed by atoms with Crippen LogP contribution >= 0.6 is 11.6 Å². The van der Waals surface area contributed by atoms with E-state index in [0.717, 1.165) is 11.3 Å². The molecule has 0 unspecified atom stereocenters. The van der Waals surface area contributed by atoms with Gasteiger partial charge in [0, 0.05) is 31.4 Å². The minimum atomic E-state index is 0.505. The van der Waals surface area contributed by atoms with E-state index in [4.69, 9.17) is 17.3 Å². The van der Waals surface area contributed by atoms with Crippen molar-refractivity contribution in [3.8, 4) is 0 Å². The Labute approximate surface area is 92.7 Å². The molecule has 0 aliphatic heterocycles. The molecule has 5 heteroatoms. The van der Waals surface area contributed by atoms with Gasteiger partial charge >= 0.3 is 0 Å². The number of aromatic nitrogens is 3.